The van der Waals surface area contributed by atoms with Crippen LogP contribution in [-0.4, -0.2) is 84.2 Å². The van der Waals surface area contributed by atoms with E-state index in [2.05, 4.69) is 22.2 Å². The maximum Gasteiger partial charge on any atom is 0.256 e. The lowest BCUT2D eigenvalue weighted by molar-refractivity contribution is -0.0986. The van der Waals surface area contributed by atoms with Gasteiger partial charge in [0, 0.05) is 19.1 Å². The summed E-state index contributed by atoms with van der Waals surface area (Å²) >= 11 is 0. The largest absolute Gasteiger partial charge is 0.385 e. The predicted octanol–water partition coefficient (Wildman–Crippen LogP) is 2.98. The van der Waals surface area contributed by atoms with Crippen LogP contribution < -0.4 is 5.32 Å². The zero-order chi connectivity index (χ0) is 23.9. The van der Waals surface area contributed by atoms with Gasteiger partial charge in [0.05, 0.1) is 30.0 Å². The minimum Gasteiger partial charge on any atom is -0.385 e. The van der Waals surface area contributed by atoms with Crippen molar-refractivity contribution in [1.29, 1.82) is 0 Å². The zero-order valence-corrected chi connectivity index (χ0v) is 19.0. The quantitative estimate of drug-likeness (QED) is 0.692. The van der Waals surface area contributed by atoms with Crippen LogP contribution in [0.3, 0.4) is 0 Å². The van der Waals surface area contributed by atoms with Crippen LogP contribution in [0.4, 0.5) is 24.5 Å². The van der Waals surface area contributed by atoms with Crippen molar-refractivity contribution < 1.29 is 23.1 Å². The zero-order valence-electron chi connectivity index (χ0n) is 19.0. The third-order valence-electron chi connectivity index (χ3n) is 6.50. The Morgan fingerprint density at radius 2 is 1.94 bits per heavy atom. The highest BCUT2D eigenvalue weighted by Crippen LogP contribution is 2.32. The Morgan fingerprint density at radius 3 is 2.58 bits per heavy atom. The molecule has 1 atom stereocenters. The number of hydrogen-bond donors (Lipinski definition) is 2. The highest BCUT2D eigenvalue weighted by Gasteiger charge is 2.46. The lowest BCUT2D eigenvalue weighted by atomic mass is 9.91. The molecule has 1 amide bonds. The van der Waals surface area contributed by atoms with Gasteiger partial charge in [-0.3, -0.25) is 9.69 Å². The maximum absolute atomic E-state index is 14.6. The van der Waals surface area contributed by atoms with Crippen molar-refractivity contribution in [3.8, 4) is 0 Å². The normalized spacial score (nSPS) is 20.2. The van der Waals surface area contributed by atoms with Gasteiger partial charge in [0.1, 0.15) is 11.4 Å². The van der Waals surface area contributed by atoms with E-state index in [4.69, 9.17) is 0 Å². The molecule has 2 aromatic carbocycles. The predicted molar refractivity (Wildman–Crippen MR) is 120 cm³/mol. The summed E-state index contributed by atoms with van der Waals surface area (Å²) in [7, 11) is 4.02. The molecule has 6 nitrogen and oxygen atoms in total. The number of aryl methyl sites for hydroxylation is 1. The molecule has 0 bridgehead atoms. The number of nitrogens with one attached hydrogen (secondary N) is 1. The van der Waals surface area contributed by atoms with Crippen LogP contribution in [0.5, 0.6) is 0 Å². The molecule has 2 saturated heterocycles. The Hall–Kier alpha value is -2.62. The van der Waals surface area contributed by atoms with Crippen LogP contribution in [0, 0.1) is 24.4 Å². The molecule has 178 valence electrons. The first-order valence-corrected chi connectivity index (χ1v) is 11.0. The average Bonchev–Trinajstić information content (AvgIpc) is 3.17. The van der Waals surface area contributed by atoms with Crippen LogP contribution >= 0.6 is 0 Å². The molecule has 0 radical (unpaired) electrons. The number of β-amino-alcohol motifs (C(OH)–C–C–N with tert-alkyl or cyclic N) is 1. The third-order valence-corrected chi connectivity index (χ3v) is 6.50. The van der Waals surface area contributed by atoms with E-state index >= 15 is 0 Å². The van der Waals surface area contributed by atoms with Gasteiger partial charge in [-0.2, -0.15) is 0 Å². The van der Waals surface area contributed by atoms with E-state index in [0.717, 1.165) is 25.6 Å². The second-order valence-electron chi connectivity index (χ2n) is 9.40. The summed E-state index contributed by atoms with van der Waals surface area (Å²) in [5, 5.41) is 13.4. The molecule has 2 heterocycles. The Bertz CT molecular complexity index is 1060. The highest BCUT2D eigenvalue weighted by atomic mass is 19.2. The molecule has 0 aromatic heterocycles. The van der Waals surface area contributed by atoms with Crippen molar-refractivity contribution in [2.75, 3.05) is 52.1 Å². The van der Waals surface area contributed by atoms with E-state index < -0.39 is 34.6 Å². The van der Waals surface area contributed by atoms with Gasteiger partial charge in [0.2, 0.25) is 0 Å². The number of carbonyl (C=O) groups is 1. The van der Waals surface area contributed by atoms with Crippen LogP contribution in [0.15, 0.2) is 30.3 Å². The van der Waals surface area contributed by atoms with Gasteiger partial charge in [-0.25, -0.2) is 13.2 Å². The molecule has 2 aromatic rings. The smallest absolute Gasteiger partial charge is 0.256 e. The van der Waals surface area contributed by atoms with E-state index in [1.807, 2.05) is 7.05 Å². The molecule has 4 rings (SSSR count). The van der Waals surface area contributed by atoms with Crippen molar-refractivity contribution in [2.24, 2.45) is 0 Å². The number of aliphatic hydroxyl groups is 1. The first-order chi connectivity index (χ1) is 15.6. The highest BCUT2D eigenvalue weighted by molar-refractivity contribution is 6.01. The van der Waals surface area contributed by atoms with Gasteiger partial charge in [-0.1, -0.05) is 6.07 Å². The Labute approximate surface area is 191 Å². The molecule has 1 unspecified atom stereocenters. The van der Waals surface area contributed by atoms with E-state index in [9.17, 15) is 23.1 Å². The van der Waals surface area contributed by atoms with Gasteiger partial charge in [-0.15, -0.1) is 0 Å². The molecular formula is C24H29F3N4O2. The van der Waals surface area contributed by atoms with E-state index in [0.29, 0.717) is 18.2 Å². The van der Waals surface area contributed by atoms with Crippen LogP contribution in [-0.2, 0) is 0 Å². The Morgan fingerprint density at radius 1 is 1.21 bits per heavy atom. The average molecular weight is 463 g/mol. The minimum atomic E-state index is -1.26. The van der Waals surface area contributed by atoms with Gasteiger partial charge in [0.15, 0.2) is 11.6 Å². The monoisotopic (exact) mass is 462 g/mol. The second kappa shape index (κ2) is 8.96. The van der Waals surface area contributed by atoms with Gasteiger partial charge < -0.3 is 20.2 Å². The molecule has 0 spiro atoms. The van der Waals surface area contributed by atoms with E-state index in [-0.39, 0.29) is 24.3 Å². The lowest BCUT2D eigenvalue weighted by Gasteiger charge is -2.48. The first-order valence-electron chi connectivity index (χ1n) is 11.0. The first kappa shape index (κ1) is 23.5. The van der Waals surface area contributed by atoms with Crippen LogP contribution in [0.1, 0.15) is 22.3 Å². The molecule has 0 saturated carbocycles. The fourth-order valence-electron chi connectivity index (χ4n) is 4.65. The molecule has 2 aliphatic heterocycles. The van der Waals surface area contributed by atoms with E-state index in [1.165, 1.54) is 23.1 Å². The number of nitrogens with zero attached hydrogens (tertiary/aromatic N) is 3. The molecule has 33 heavy (non-hydrogen) atoms. The molecule has 2 aliphatic rings. The van der Waals surface area contributed by atoms with Crippen molar-refractivity contribution in [3.05, 3.63) is 58.9 Å². The summed E-state index contributed by atoms with van der Waals surface area (Å²) in [6.07, 6.45) is 1.02. The number of likely N-dealkylation sites (N-methyl/N-ethyl adjacent to an activating group) is 2. The Balaban J connectivity index is 1.48. The summed E-state index contributed by atoms with van der Waals surface area (Å²) in [4.78, 5) is 18.8. The summed E-state index contributed by atoms with van der Waals surface area (Å²) in [6, 6.07) is 6.67. The van der Waals surface area contributed by atoms with Gasteiger partial charge in [-0.05, 0) is 63.8 Å². The second-order valence-corrected chi connectivity index (χ2v) is 9.40. The van der Waals surface area contributed by atoms with Crippen LogP contribution in [0.25, 0.3) is 0 Å². The topological polar surface area (TPSA) is 59.1 Å². The van der Waals surface area contributed by atoms with Crippen molar-refractivity contribution >= 4 is 17.3 Å². The van der Waals surface area contributed by atoms with Crippen molar-refractivity contribution in [3.63, 3.8) is 0 Å². The number of halogens is 3. The summed E-state index contributed by atoms with van der Waals surface area (Å²) in [6.45, 7) is 4.21. The van der Waals surface area contributed by atoms with Gasteiger partial charge >= 0.3 is 0 Å². The minimum absolute atomic E-state index is 0.0672. The number of anilines is 2. The molecular weight excluding hydrogens is 433 g/mol. The fourth-order valence-corrected chi connectivity index (χ4v) is 4.65. The lowest BCUT2D eigenvalue weighted by Crippen LogP contribution is -2.68. The van der Waals surface area contributed by atoms with Gasteiger partial charge in [0.25, 0.3) is 5.91 Å². The summed E-state index contributed by atoms with van der Waals surface area (Å²) in [5.41, 5.74) is -1.02. The SMILES string of the molecule is Cc1ccc(Nc2c(C(=O)N3CC(O)(CN(C)C4CCN(C)C4)C3)ccc(F)c2F)c(F)c1. The number of amides is 1. The summed E-state index contributed by atoms with van der Waals surface area (Å²) in [5.74, 6) is -3.61. The van der Waals surface area contributed by atoms with E-state index in [1.54, 1.807) is 13.0 Å². The maximum atomic E-state index is 14.6. The number of likely N-dealkylation sites (tertiary alicyclic amines) is 2. The number of carbonyl (C=O) groups excluding carboxylic acids is 1. The summed E-state index contributed by atoms with van der Waals surface area (Å²) < 4.78 is 42.9. The number of rotatable bonds is 6. The molecule has 0 aliphatic carbocycles. The molecule has 9 heteroatoms. The third kappa shape index (κ3) is 4.85. The van der Waals surface area contributed by atoms with Crippen LogP contribution in [0.2, 0.25) is 0 Å². The number of benzene rings is 2. The van der Waals surface area contributed by atoms with Crippen molar-refractivity contribution in [2.45, 2.75) is 25.0 Å². The fraction of sp³-hybridized carbons (Fsp3) is 0.458. The Kier molecular flexibility index (Phi) is 6.39. The van der Waals surface area contributed by atoms with Crippen molar-refractivity contribution in [1.82, 2.24) is 14.7 Å². The standard InChI is InChI=1S/C24H29F3N4O2/c1-15-4-7-20(19(26)10-15)28-22-17(5-6-18(25)21(22)27)23(32)31-13-24(33,14-31)12-30(3)16-8-9-29(2)11-16/h4-7,10,16,28,33H,8-9,11-14H2,1-3H3. The number of hydrogen-bond acceptors (Lipinski definition) is 5. The molecule has 2 N–H and O–H groups in total. The molecule has 2 fully saturated rings.